The Morgan fingerprint density at radius 3 is 2.74 bits per heavy atom. The highest BCUT2D eigenvalue weighted by Gasteiger charge is 2.42. The standard InChI is InChI=1S/C13H19F3N6O/c1-8-9(7-20-22(8)4-5-23-3)13(17)19-6-10(12(14,15)16)11(18-2)21-13/h6-7,18,21H,4-5,17H2,1-3H3. The molecule has 0 amide bonds. The molecule has 0 radical (unpaired) electrons. The summed E-state index contributed by atoms with van der Waals surface area (Å²) in [5, 5.41) is 9.26. The molecule has 1 aromatic heterocycles. The highest BCUT2D eigenvalue weighted by atomic mass is 19.4. The number of hydrogen-bond acceptors (Lipinski definition) is 6. The van der Waals surface area contributed by atoms with Gasteiger partial charge in [0.2, 0.25) is 5.79 Å². The number of hydrogen-bond donors (Lipinski definition) is 3. The van der Waals surface area contributed by atoms with Crippen molar-refractivity contribution in [2.45, 2.75) is 25.4 Å². The first-order chi connectivity index (χ1) is 10.7. The van der Waals surface area contributed by atoms with Crippen LogP contribution in [-0.2, 0) is 17.1 Å². The zero-order chi connectivity index (χ0) is 17.3. The van der Waals surface area contributed by atoms with Gasteiger partial charge < -0.3 is 15.4 Å². The van der Waals surface area contributed by atoms with Gasteiger partial charge in [-0.1, -0.05) is 0 Å². The molecule has 1 unspecified atom stereocenters. The fraction of sp³-hybridized carbons (Fsp3) is 0.538. The van der Waals surface area contributed by atoms with Gasteiger partial charge in [-0.2, -0.15) is 18.3 Å². The third kappa shape index (κ3) is 3.32. The number of nitrogens with one attached hydrogen (secondary N) is 2. The van der Waals surface area contributed by atoms with Gasteiger partial charge in [-0.05, 0) is 6.92 Å². The second kappa shape index (κ2) is 6.20. The first-order valence-electron chi connectivity index (χ1n) is 6.86. The Kier molecular flexibility index (Phi) is 4.66. The van der Waals surface area contributed by atoms with E-state index in [1.807, 2.05) is 0 Å². The Morgan fingerprint density at radius 1 is 1.48 bits per heavy atom. The first kappa shape index (κ1) is 17.3. The molecule has 4 N–H and O–H groups in total. The number of aromatic nitrogens is 2. The number of allylic oxidation sites excluding steroid dienone is 1. The molecule has 2 rings (SSSR count). The number of nitrogens with two attached hydrogens (primary N) is 1. The summed E-state index contributed by atoms with van der Waals surface area (Å²) in [6.45, 7) is 2.73. The van der Waals surface area contributed by atoms with Crippen molar-refractivity contribution >= 4 is 6.21 Å². The Balaban J connectivity index is 2.34. The predicted molar refractivity (Wildman–Crippen MR) is 78.5 cm³/mol. The molecule has 128 valence electrons. The van der Waals surface area contributed by atoms with E-state index < -0.39 is 17.5 Å². The quantitative estimate of drug-likeness (QED) is 0.734. The maximum Gasteiger partial charge on any atom is 0.421 e. The number of methoxy groups -OCH3 is 1. The summed E-state index contributed by atoms with van der Waals surface area (Å²) >= 11 is 0. The summed E-state index contributed by atoms with van der Waals surface area (Å²) in [5.41, 5.74) is 6.43. The molecule has 0 bridgehead atoms. The van der Waals surface area contributed by atoms with Crippen molar-refractivity contribution in [2.24, 2.45) is 10.7 Å². The summed E-state index contributed by atoms with van der Waals surface area (Å²) < 4.78 is 45.5. The maximum atomic E-state index is 13.0. The monoisotopic (exact) mass is 332 g/mol. The fourth-order valence-corrected chi connectivity index (χ4v) is 2.29. The van der Waals surface area contributed by atoms with Crippen LogP contribution in [0.2, 0.25) is 0 Å². The van der Waals surface area contributed by atoms with E-state index in [0.29, 0.717) is 24.4 Å². The summed E-state index contributed by atoms with van der Waals surface area (Å²) in [6, 6.07) is 0. The molecule has 0 fully saturated rings. The Morgan fingerprint density at radius 2 is 2.17 bits per heavy atom. The average molecular weight is 332 g/mol. The van der Waals surface area contributed by atoms with Gasteiger partial charge in [0.25, 0.3) is 0 Å². The third-order valence-corrected chi connectivity index (χ3v) is 3.56. The van der Waals surface area contributed by atoms with Gasteiger partial charge in [-0.15, -0.1) is 0 Å². The van der Waals surface area contributed by atoms with E-state index >= 15 is 0 Å². The van der Waals surface area contributed by atoms with E-state index in [1.165, 1.54) is 13.2 Å². The molecule has 1 aliphatic heterocycles. The van der Waals surface area contributed by atoms with Crippen LogP contribution < -0.4 is 16.4 Å². The lowest BCUT2D eigenvalue weighted by atomic mass is 10.1. The van der Waals surface area contributed by atoms with Gasteiger partial charge >= 0.3 is 6.18 Å². The molecule has 1 aliphatic rings. The minimum Gasteiger partial charge on any atom is -0.383 e. The molecular weight excluding hydrogens is 313 g/mol. The van der Waals surface area contributed by atoms with Crippen LogP contribution in [0.25, 0.3) is 0 Å². The van der Waals surface area contributed by atoms with Crippen molar-refractivity contribution in [1.82, 2.24) is 20.4 Å². The van der Waals surface area contributed by atoms with Crippen molar-refractivity contribution < 1.29 is 17.9 Å². The molecular formula is C13H19F3N6O. The lowest BCUT2D eigenvalue weighted by Crippen LogP contribution is -2.54. The van der Waals surface area contributed by atoms with E-state index in [2.05, 4.69) is 20.7 Å². The molecule has 23 heavy (non-hydrogen) atoms. The predicted octanol–water partition coefficient (Wildman–Crippen LogP) is 0.574. The maximum absolute atomic E-state index is 13.0. The highest BCUT2D eigenvalue weighted by molar-refractivity contribution is 5.82. The van der Waals surface area contributed by atoms with E-state index in [-0.39, 0.29) is 5.82 Å². The van der Waals surface area contributed by atoms with E-state index in [0.717, 1.165) is 6.21 Å². The lowest BCUT2D eigenvalue weighted by Gasteiger charge is -2.33. The number of rotatable bonds is 5. The van der Waals surface area contributed by atoms with Gasteiger partial charge in [-0.3, -0.25) is 10.4 Å². The SMILES string of the molecule is CNC1=C(C(F)(F)F)C=NC(N)(c2cnn(CCOC)c2C)N1. The average Bonchev–Trinajstić information content (AvgIpc) is 2.85. The second-order valence-corrected chi connectivity index (χ2v) is 5.05. The van der Waals surface area contributed by atoms with Crippen LogP contribution in [0.15, 0.2) is 22.6 Å². The summed E-state index contributed by atoms with van der Waals surface area (Å²) in [5.74, 6) is -1.76. The number of halogens is 3. The molecule has 1 atom stereocenters. The Hall–Kier alpha value is -2.07. The van der Waals surface area contributed by atoms with Crippen LogP contribution >= 0.6 is 0 Å². The van der Waals surface area contributed by atoms with Crippen LogP contribution in [0.3, 0.4) is 0 Å². The number of nitrogens with zero attached hydrogens (tertiary/aromatic N) is 3. The van der Waals surface area contributed by atoms with E-state index in [9.17, 15) is 13.2 Å². The normalized spacial score (nSPS) is 21.5. The fourth-order valence-electron chi connectivity index (χ4n) is 2.29. The molecule has 0 saturated carbocycles. The van der Waals surface area contributed by atoms with Gasteiger partial charge in [0.15, 0.2) is 0 Å². The Labute approximate surface area is 131 Å². The van der Waals surface area contributed by atoms with Crippen molar-refractivity contribution in [3.8, 4) is 0 Å². The first-order valence-corrected chi connectivity index (χ1v) is 6.86. The zero-order valence-corrected chi connectivity index (χ0v) is 13.0. The molecule has 7 nitrogen and oxygen atoms in total. The molecule has 0 spiro atoms. The van der Waals surface area contributed by atoms with Crippen LogP contribution in [0.1, 0.15) is 11.3 Å². The third-order valence-electron chi connectivity index (χ3n) is 3.56. The smallest absolute Gasteiger partial charge is 0.383 e. The van der Waals surface area contributed by atoms with Gasteiger partial charge in [0.1, 0.15) is 11.4 Å². The molecule has 0 saturated heterocycles. The summed E-state index contributed by atoms with van der Waals surface area (Å²) in [7, 11) is 2.95. The zero-order valence-electron chi connectivity index (χ0n) is 13.0. The van der Waals surface area contributed by atoms with E-state index in [1.54, 1.807) is 18.7 Å². The van der Waals surface area contributed by atoms with E-state index in [4.69, 9.17) is 10.5 Å². The van der Waals surface area contributed by atoms with Crippen LogP contribution in [0.5, 0.6) is 0 Å². The molecule has 1 aromatic rings. The van der Waals surface area contributed by atoms with Crippen molar-refractivity contribution in [1.29, 1.82) is 0 Å². The molecule has 2 heterocycles. The second-order valence-electron chi connectivity index (χ2n) is 5.05. The summed E-state index contributed by atoms with van der Waals surface area (Å²) in [6.07, 6.45) is -2.32. The minimum absolute atomic E-state index is 0.237. The van der Waals surface area contributed by atoms with Crippen LogP contribution in [-0.4, -0.2) is 42.9 Å². The topological polar surface area (TPSA) is 89.5 Å². The molecule has 0 aliphatic carbocycles. The largest absolute Gasteiger partial charge is 0.421 e. The van der Waals surface area contributed by atoms with Crippen LogP contribution in [0.4, 0.5) is 13.2 Å². The van der Waals surface area contributed by atoms with Crippen LogP contribution in [0, 0.1) is 6.92 Å². The van der Waals surface area contributed by atoms with Gasteiger partial charge in [-0.25, -0.2) is 4.99 Å². The summed E-state index contributed by atoms with van der Waals surface area (Å²) in [4.78, 5) is 3.87. The van der Waals surface area contributed by atoms with Crippen molar-refractivity contribution in [2.75, 3.05) is 20.8 Å². The van der Waals surface area contributed by atoms with Gasteiger partial charge in [0.05, 0.1) is 24.9 Å². The van der Waals surface area contributed by atoms with Crippen molar-refractivity contribution in [3.63, 3.8) is 0 Å². The minimum atomic E-state index is -4.53. The number of aliphatic imine (C=N–C) groups is 1. The molecule has 10 heteroatoms. The number of alkyl halides is 3. The Bertz CT molecular complexity index is 636. The van der Waals surface area contributed by atoms with Gasteiger partial charge in [0, 0.05) is 26.1 Å². The van der Waals surface area contributed by atoms with Crippen molar-refractivity contribution in [3.05, 3.63) is 28.8 Å². The highest BCUT2D eigenvalue weighted by Crippen LogP contribution is 2.31. The molecule has 0 aromatic carbocycles. The lowest BCUT2D eigenvalue weighted by molar-refractivity contribution is -0.0875. The number of ether oxygens (including phenoxy) is 1.